The Morgan fingerprint density at radius 2 is 2.22 bits per heavy atom. The zero-order valence-corrected chi connectivity index (χ0v) is 15.5. The third-order valence-electron chi connectivity index (χ3n) is 5.18. The van der Waals surface area contributed by atoms with Crippen molar-refractivity contribution in [2.45, 2.75) is 39.0 Å². The largest absolute Gasteiger partial charge is 0.330 e. The first kappa shape index (κ1) is 16.7. The number of aliphatic imine (C=N–C) groups is 2. The zero-order valence-electron chi connectivity index (χ0n) is 14.7. The molecule has 3 aliphatic rings. The molecule has 4 heteroatoms. The third-order valence-corrected chi connectivity index (χ3v) is 7.06. The van der Waals surface area contributed by atoms with Crippen molar-refractivity contribution in [2.75, 3.05) is 13.6 Å². The first-order chi connectivity index (χ1) is 11.0. The molecule has 0 aromatic carbocycles. The van der Waals surface area contributed by atoms with E-state index in [0.717, 1.165) is 12.3 Å². The topological polar surface area (TPSA) is 50.7 Å². The maximum atomic E-state index is 6.12. The molecule has 4 unspecified atom stereocenters. The lowest BCUT2D eigenvalue weighted by molar-refractivity contribution is 0.419. The molecule has 0 aromatic heterocycles. The molecule has 0 saturated heterocycles. The smallest absolute Gasteiger partial charge is 0.0917 e. The van der Waals surface area contributed by atoms with E-state index in [1.165, 1.54) is 16.1 Å². The number of rotatable bonds is 4. The molecule has 0 radical (unpaired) electrons. The second-order valence-corrected chi connectivity index (χ2v) is 8.29. The molecule has 4 atom stereocenters. The van der Waals surface area contributed by atoms with Crippen LogP contribution in [0.2, 0.25) is 0 Å². The number of hydrogen-bond donors (Lipinski definition) is 1. The van der Waals surface area contributed by atoms with E-state index in [2.05, 4.69) is 38.8 Å². The summed E-state index contributed by atoms with van der Waals surface area (Å²) in [5, 5.41) is 0.617. The van der Waals surface area contributed by atoms with E-state index in [-0.39, 0.29) is 0 Å². The highest BCUT2D eigenvalue weighted by molar-refractivity contribution is 8.04. The molecular formula is C19H27N3S. The minimum atomic E-state index is 0.328. The van der Waals surface area contributed by atoms with Gasteiger partial charge in [-0.2, -0.15) is 0 Å². The van der Waals surface area contributed by atoms with Crippen LogP contribution in [0, 0.1) is 17.8 Å². The molecule has 0 fully saturated rings. The number of nitrogens with two attached hydrogens (primary N) is 1. The fourth-order valence-electron chi connectivity index (χ4n) is 3.98. The molecular weight excluding hydrogens is 302 g/mol. The summed E-state index contributed by atoms with van der Waals surface area (Å²) in [6.07, 6.45) is 6.13. The summed E-state index contributed by atoms with van der Waals surface area (Å²) in [5.74, 6) is 1.67. The monoisotopic (exact) mass is 329 g/mol. The van der Waals surface area contributed by atoms with Crippen LogP contribution in [0.4, 0.5) is 0 Å². The summed E-state index contributed by atoms with van der Waals surface area (Å²) in [5.41, 5.74) is 11.4. The number of hydrogen-bond acceptors (Lipinski definition) is 4. The van der Waals surface area contributed by atoms with Crippen molar-refractivity contribution in [3.05, 3.63) is 33.8 Å². The Balaban J connectivity index is 1.92. The van der Waals surface area contributed by atoms with Crippen molar-refractivity contribution in [1.29, 1.82) is 0 Å². The normalized spacial score (nSPS) is 33.6. The summed E-state index contributed by atoms with van der Waals surface area (Å²) >= 11 is 2.04. The number of fused-ring (bicyclic) bond motifs is 3. The van der Waals surface area contributed by atoms with Gasteiger partial charge in [0.2, 0.25) is 0 Å². The molecule has 0 spiro atoms. The van der Waals surface area contributed by atoms with Gasteiger partial charge in [-0.15, -0.1) is 11.8 Å². The standard InChI is InChI=1S/C19H27N3S/c1-10(2)18-13(9-20)16-15-12(4)8-14(11(3)6-7-21-5)22-17(15)19(16)23-18/h6-8,10,13,15,17-18H,9,20H2,1-5H3. The van der Waals surface area contributed by atoms with Crippen LogP contribution in [0.5, 0.6) is 0 Å². The minimum absolute atomic E-state index is 0.328. The maximum absolute atomic E-state index is 6.12. The molecule has 23 heavy (non-hydrogen) atoms. The van der Waals surface area contributed by atoms with Crippen LogP contribution >= 0.6 is 11.8 Å². The Kier molecular flexibility index (Phi) is 4.65. The minimum Gasteiger partial charge on any atom is -0.330 e. The van der Waals surface area contributed by atoms with E-state index in [1.807, 2.05) is 24.1 Å². The van der Waals surface area contributed by atoms with E-state index < -0.39 is 0 Å². The van der Waals surface area contributed by atoms with Gasteiger partial charge in [0.25, 0.3) is 0 Å². The molecule has 124 valence electrons. The summed E-state index contributed by atoms with van der Waals surface area (Å²) in [6, 6.07) is 0.328. The number of allylic oxidation sites excluding steroid dienone is 3. The van der Waals surface area contributed by atoms with E-state index in [0.29, 0.717) is 29.0 Å². The van der Waals surface area contributed by atoms with Crippen molar-refractivity contribution in [3.8, 4) is 0 Å². The van der Waals surface area contributed by atoms with Crippen molar-refractivity contribution in [1.82, 2.24) is 0 Å². The summed E-state index contributed by atoms with van der Waals surface area (Å²) in [7, 11) is 1.79. The number of thioether (sulfide) groups is 1. The predicted octanol–water partition coefficient (Wildman–Crippen LogP) is 3.63. The maximum Gasteiger partial charge on any atom is 0.0917 e. The first-order valence-electron chi connectivity index (χ1n) is 8.45. The van der Waals surface area contributed by atoms with Gasteiger partial charge in [0.1, 0.15) is 0 Å². The Hall–Kier alpha value is -1.13. The zero-order chi connectivity index (χ0) is 16.7. The summed E-state index contributed by atoms with van der Waals surface area (Å²) < 4.78 is 0. The Morgan fingerprint density at radius 1 is 1.48 bits per heavy atom. The van der Waals surface area contributed by atoms with E-state index >= 15 is 0 Å². The van der Waals surface area contributed by atoms with Crippen LogP contribution in [0.15, 0.2) is 43.8 Å². The van der Waals surface area contributed by atoms with E-state index in [1.54, 1.807) is 12.6 Å². The molecule has 1 aliphatic carbocycles. The van der Waals surface area contributed by atoms with Crippen LogP contribution in [0.25, 0.3) is 0 Å². The molecule has 3 nitrogen and oxygen atoms in total. The fourth-order valence-corrected chi connectivity index (χ4v) is 5.71. The summed E-state index contributed by atoms with van der Waals surface area (Å²) in [6.45, 7) is 9.74. The van der Waals surface area contributed by atoms with Crippen LogP contribution < -0.4 is 5.73 Å². The summed E-state index contributed by atoms with van der Waals surface area (Å²) in [4.78, 5) is 10.6. The average Bonchev–Trinajstić information content (AvgIpc) is 2.83. The van der Waals surface area contributed by atoms with Crippen LogP contribution in [-0.4, -0.2) is 36.8 Å². The van der Waals surface area contributed by atoms with E-state index in [9.17, 15) is 0 Å². The van der Waals surface area contributed by atoms with Gasteiger partial charge < -0.3 is 5.73 Å². The quantitative estimate of drug-likeness (QED) is 0.801. The molecule has 2 heterocycles. The number of nitrogens with zero attached hydrogens (tertiary/aromatic N) is 2. The van der Waals surface area contributed by atoms with Gasteiger partial charge in [-0.1, -0.05) is 19.4 Å². The van der Waals surface area contributed by atoms with Crippen LogP contribution in [0.1, 0.15) is 27.7 Å². The lowest BCUT2D eigenvalue weighted by Crippen LogP contribution is -2.40. The first-order valence-corrected chi connectivity index (χ1v) is 9.33. The van der Waals surface area contributed by atoms with Crippen molar-refractivity contribution >= 4 is 23.7 Å². The SMILES string of the molecule is CN=CC=C(C)C1=NC2C3=C(C(CN)C(C(C)C)S3)C2C(C)=C1. The van der Waals surface area contributed by atoms with Crippen molar-refractivity contribution < 1.29 is 0 Å². The number of dihydropyridines is 1. The van der Waals surface area contributed by atoms with Gasteiger partial charge in [-0.3, -0.25) is 9.98 Å². The molecule has 0 saturated carbocycles. The molecule has 3 rings (SSSR count). The molecule has 0 aromatic rings. The molecule has 2 aliphatic heterocycles. The average molecular weight is 330 g/mol. The molecule has 0 amide bonds. The van der Waals surface area contributed by atoms with Gasteiger partial charge in [0, 0.05) is 41.8 Å². The molecule has 0 bridgehead atoms. The highest BCUT2D eigenvalue weighted by Crippen LogP contribution is 2.60. The highest BCUT2D eigenvalue weighted by Gasteiger charge is 2.53. The lowest BCUT2D eigenvalue weighted by Gasteiger charge is -2.41. The van der Waals surface area contributed by atoms with Crippen molar-refractivity contribution in [3.63, 3.8) is 0 Å². The van der Waals surface area contributed by atoms with Crippen LogP contribution in [-0.2, 0) is 0 Å². The highest BCUT2D eigenvalue weighted by atomic mass is 32.2. The van der Waals surface area contributed by atoms with Gasteiger partial charge in [0.15, 0.2) is 0 Å². The third kappa shape index (κ3) is 2.66. The van der Waals surface area contributed by atoms with Gasteiger partial charge >= 0.3 is 0 Å². The molecule has 2 N–H and O–H groups in total. The van der Waals surface area contributed by atoms with Gasteiger partial charge in [0.05, 0.1) is 11.8 Å². The Bertz CT molecular complexity index is 652. The second kappa shape index (κ2) is 6.40. The lowest BCUT2D eigenvalue weighted by atomic mass is 9.67. The van der Waals surface area contributed by atoms with Gasteiger partial charge in [-0.25, -0.2) is 0 Å². The van der Waals surface area contributed by atoms with Gasteiger partial charge in [-0.05, 0) is 43.1 Å². The predicted molar refractivity (Wildman–Crippen MR) is 102 cm³/mol. The van der Waals surface area contributed by atoms with Crippen molar-refractivity contribution in [2.24, 2.45) is 33.5 Å². The van der Waals surface area contributed by atoms with Crippen LogP contribution in [0.3, 0.4) is 0 Å². The fraction of sp³-hybridized carbons (Fsp3) is 0.579. The second-order valence-electron chi connectivity index (χ2n) is 7.07. The van der Waals surface area contributed by atoms with E-state index in [4.69, 9.17) is 10.7 Å². The Morgan fingerprint density at radius 3 is 2.83 bits per heavy atom. The Labute approximate surface area is 143 Å².